The Morgan fingerprint density at radius 1 is 1.38 bits per heavy atom. The van der Waals surface area contributed by atoms with E-state index in [4.69, 9.17) is 9.47 Å². The van der Waals surface area contributed by atoms with E-state index < -0.39 is 0 Å². The van der Waals surface area contributed by atoms with E-state index in [2.05, 4.69) is 22.4 Å². The van der Waals surface area contributed by atoms with Crippen molar-refractivity contribution in [3.05, 3.63) is 35.9 Å². The molecule has 116 valence electrons. The maximum atomic E-state index is 5.63. The zero-order chi connectivity index (χ0) is 15.1. The molecule has 1 unspecified atom stereocenters. The molecule has 1 aliphatic rings. The first kappa shape index (κ1) is 15.8. The van der Waals surface area contributed by atoms with Crippen LogP contribution in [0, 0.1) is 0 Å². The summed E-state index contributed by atoms with van der Waals surface area (Å²) in [6, 6.07) is 10.2. The Bertz CT molecular complexity index is 454. The lowest BCUT2D eigenvalue weighted by Gasteiger charge is -2.28. The second kappa shape index (κ2) is 7.43. The Morgan fingerprint density at radius 3 is 2.71 bits per heavy atom. The Hall–Kier alpha value is -1.59. The molecular formula is C16H25N3O2. The van der Waals surface area contributed by atoms with Crippen molar-refractivity contribution in [2.24, 2.45) is 4.99 Å². The number of ether oxygens (including phenoxy) is 2. The molecule has 2 rings (SSSR count). The van der Waals surface area contributed by atoms with Gasteiger partial charge in [0, 0.05) is 40.8 Å². The van der Waals surface area contributed by atoms with Gasteiger partial charge < -0.3 is 19.7 Å². The van der Waals surface area contributed by atoms with Gasteiger partial charge in [-0.3, -0.25) is 0 Å². The quantitative estimate of drug-likeness (QED) is 0.660. The van der Waals surface area contributed by atoms with Gasteiger partial charge in [-0.1, -0.05) is 30.3 Å². The standard InChI is InChI=1S/C16H25N3O2/c1-19(2)15(17-11-14-7-5-4-6-8-14)18-12-16(20-3)9-10-21-13-16/h4-8H,9-13H2,1-3H3,(H,17,18). The van der Waals surface area contributed by atoms with Crippen LogP contribution in [0.2, 0.25) is 0 Å². The predicted octanol–water partition coefficient (Wildman–Crippen LogP) is 1.50. The molecule has 1 fully saturated rings. The monoisotopic (exact) mass is 291 g/mol. The fraction of sp³-hybridized carbons (Fsp3) is 0.562. The average Bonchev–Trinajstić information content (AvgIpc) is 2.97. The number of benzene rings is 1. The van der Waals surface area contributed by atoms with Crippen LogP contribution in [-0.2, 0) is 16.0 Å². The van der Waals surface area contributed by atoms with Gasteiger partial charge in [-0.2, -0.15) is 0 Å². The van der Waals surface area contributed by atoms with Crippen LogP contribution in [0.1, 0.15) is 12.0 Å². The molecule has 0 spiro atoms. The van der Waals surface area contributed by atoms with E-state index in [0.717, 1.165) is 19.0 Å². The van der Waals surface area contributed by atoms with Crippen LogP contribution in [0.15, 0.2) is 35.3 Å². The van der Waals surface area contributed by atoms with Gasteiger partial charge in [0.1, 0.15) is 5.60 Å². The molecule has 0 saturated carbocycles. The van der Waals surface area contributed by atoms with Crippen molar-refractivity contribution in [2.75, 3.05) is 41.0 Å². The normalized spacial score (nSPS) is 22.3. The van der Waals surface area contributed by atoms with E-state index in [1.54, 1.807) is 7.11 Å². The van der Waals surface area contributed by atoms with Gasteiger partial charge in [0.2, 0.25) is 0 Å². The van der Waals surface area contributed by atoms with Gasteiger partial charge in [0.25, 0.3) is 0 Å². The summed E-state index contributed by atoms with van der Waals surface area (Å²) < 4.78 is 11.1. The third-order valence-corrected chi connectivity index (χ3v) is 3.75. The lowest BCUT2D eigenvalue weighted by atomic mass is 10.0. The van der Waals surface area contributed by atoms with Gasteiger partial charge in [0.05, 0.1) is 13.2 Å². The van der Waals surface area contributed by atoms with Gasteiger partial charge in [-0.25, -0.2) is 4.99 Å². The third kappa shape index (κ3) is 4.44. The van der Waals surface area contributed by atoms with Crippen LogP contribution >= 0.6 is 0 Å². The molecule has 1 aromatic rings. The van der Waals surface area contributed by atoms with Crippen molar-refractivity contribution >= 4 is 5.96 Å². The minimum absolute atomic E-state index is 0.233. The van der Waals surface area contributed by atoms with Gasteiger partial charge in [-0.05, 0) is 5.56 Å². The minimum atomic E-state index is -0.233. The SMILES string of the molecule is COC1(CNC(=NCc2ccccc2)N(C)C)CCOC1. The van der Waals surface area contributed by atoms with Crippen LogP contribution in [0.3, 0.4) is 0 Å². The predicted molar refractivity (Wildman–Crippen MR) is 84.4 cm³/mol. The molecule has 1 saturated heterocycles. The molecule has 1 N–H and O–H groups in total. The molecule has 1 heterocycles. The topological polar surface area (TPSA) is 46.1 Å². The van der Waals surface area contributed by atoms with Crippen LogP contribution < -0.4 is 5.32 Å². The Labute approximate surface area is 127 Å². The van der Waals surface area contributed by atoms with Crippen LogP contribution in [0.25, 0.3) is 0 Å². The second-order valence-corrected chi connectivity index (χ2v) is 5.56. The average molecular weight is 291 g/mol. The highest BCUT2D eigenvalue weighted by Crippen LogP contribution is 2.21. The second-order valence-electron chi connectivity index (χ2n) is 5.56. The summed E-state index contributed by atoms with van der Waals surface area (Å²) in [5, 5.41) is 3.39. The Balaban J connectivity index is 1.95. The van der Waals surface area contributed by atoms with Crippen molar-refractivity contribution in [1.29, 1.82) is 0 Å². The molecule has 1 aliphatic heterocycles. The van der Waals surface area contributed by atoms with Gasteiger partial charge >= 0.3 is 0 Å². The van der Waals surface area contributed by atoms with Crippen molar-refractivity contribution in [3.63, 3.8) is 0 Å². The summed E-state index contributed by atoms with van der Waals surface area (Å²) in [7, 11) is 5.72. The Morgan fingerprint density at radius 2 is 2.14 bits per heavy atom. The Kier molecular flexibility index (Phi) is 5.59. The highest BCUT2D eigenvalue weighted by molar-refractivity contribution is 5.79. The molecule has 1 aromatic carbocycles. The molecule has 0 bridgehead atoms. The summed E-state index contributed by atoms with van der Waals surface area (Å²) in [6.07, 6.45) is 0.913. The summed E-state index contributed by atoms with van der Waals surface area (Å²) in [5.41, 5.74) is 0.966. The molecule has 0 amide bonds. The van der Waals surface area contributed by atoms with Crippen LogP contribution in [0.5, 0.6) is 0 Å². The lowest BCUT2D eigenvalue weighted by molar-refractivity contribution is -0.0130. The van der Waals surface area contributed by atoms with Gasteiger partial charge in [0.15, 0.2) is 5.96 Å². The van der Waals surface area contributed by atoms with Crippen LogP contribution in [-0.4, -0.2) is 57.4 Å². The maximum Gasteiger partial charge on any atom is 0.193 e. The first-order chi connectivity index (χ1) is 10.2. The van der Waals surface area contributed by atoms with Crippen molar-refractivity contribution in [1.82, 2.24) is 10.2 Å². The summed E-state index contributed by atoms with van der Waals surface area (Å²) in [6.45, 7) is 2.76. The first-order valence-electron chi connectivity index (χ1n) is 7.28. The zero-order valence-corrected chi connectivity index (χ0v) is 13.1. The molecular weight excluding hydrogens is 266 g/mol. The van der Waals surface area contributed by atoms with Crippen molar-refractivity contribution in [2.45, 2.75) is 18.6 Å². The fourth-order valence-corrected chi connectivity index (χ4v) is 2.31. The van der Waals surface area contributed by atoms with Crippen LogP contribution in [0.4, 0.5) is 0 Å². The highest BCUT2D eigenvalue weighted by atomic mass is 16.5. The number of methoxy groups -OCH3 is 1. The number of guanidine groups is 1. The fourth-order valence-electron chi connectivity index (χ4n) is 2.31. The molecule has 0 aromatic heterocycles. The smallest absolute Gasteiger partial charge is 0.193 e. The molecule has 5 heteroatoms. The number of hydrogen-bond acceptors (Lipinski definition) is 3. The van der Waals surface area contributed by atoms with Crippen molar-refractivity contribution in [3.8, 4) is 0 Å². The number of hydrogen-bond donors (Lipinski definition) is 1. The van der Waals surface area contributed by atoms with E-state index in [-0.39, 0.29) is 5.60 Å². The number of nitrogens with zero attached hydrogens (tertiary/aromatic N) is 2. The third-order valence-electron chi connectivity index (χ3n) is 3.75. The van der Waals surface area contributed by atoms with Gasteiger partial charge in [-0.15, -0.1) is 0 Å². The number of aliphatic imine (C=N–C) groups is 1. The maximum absolute atomic E-state index is 5.63. The van der Waals surface area contributed by atoms with Crippen molar-refractivity contribution < 1.29 is 9.47 Å². The molecule has 0 radical (unpaired) electrons. The van der Waals surface area contributed by atoms with E-state index in [0.29, 0.717) is 19.7 Å². The van der Waals surface area contributed by atoms with E-state index in [9.17, 15) is 0 Å². The van der Waals surface area contributed by atoms with E-state index in [1.807, 2.05) is 37.2 Å². The van der Waals surface area contributed by atoms with E-state index >= 15 is 0 Å². The summed E-state index contributed by atoms with van der Waals surface area (Å²) in [4.78, 5) is 6.64. The number of rotatable bonds is 5. The summed E-state index contributed by atoms with van der Waals surface area (Å²) >= 11 is 0. The first-order valence-corrected chi connectivity index (χ1v) is 7.28. The minimum Gasteiger partial charge on any atom is -0.378 e. The zero-order valence-electron chi connectivity index (χ0n) is 13.1. The molecule has 21 heavy (non-hydrogen) atoms. The molecule has 1 atom stereocenters. The molecule has 0 aliphatic carbocycles. The van der Waals surface area contributed by atoms with E-state index in [1.165, 1.54) is 5.56 Å². The largest absolute Gasteiger partial charge is 0.378 e. The highest BCUT2D eigenvalue weighted by Gasteiger charge is 2.35. The molecule has 5 nitrogen and oxygen atoms in total. The lowest BCUT2D eigenvalue weighted by Crippen LogP contribution is -2.48. The number of nitrogens with one attached hydrogen (secondary N) is 1. The summed E-state index contributed by atoms with van der Waals surface area (Å²) in [5.74, 6) is 0.863.